The lowest BCUT2D eigenvalue weighted by atomic mass is 9.93. The minimum absolute atomic E-state index is 0.106. The number of ketones is 1. The average molecular weight is 289 g/mol. The van der Waals surface area contributed by atoms with Crippen LogP contribution in [0.2, 0.25) is 5.02 Å². The molecule has 2 aromatic rings. The van der Waals surface area contributed by atoms with E-state index in [0.717, 1.165) is 5.56 Å². The molecule has 3 rings (SSSR count). The van der Waals surface area contributed by atoms with Gasteiger partial charge in [0, 0.05) is 12.1 Å². The number of halogens is 1. The third kappa shape index (κ3) is 2.19. The highest BCUT2D eigenvalue weighted by atomic mass is 35.5. The zero-order valence-corrected chi connectivity index (χ0v) is 11.6. The van der Waals surface area contributed by atoms with Crippen LogP contribution >= 0.6 is 11.6 Å². The number of hydrogen-bond acceptors (Lipinski definition) is 3. The fourth-order valence-corrected chi connectivity index (χ4v) is 2.58. The topological polar surface area (TPSA) is 35.5 Å². The van der Waals surface area contributed by atoms with Gasteiger partial charge in [-0.1, -0.05) is 41.9 Å². The molecule has 20 heavy (non-hydrogen) atoms. The average Bonchev–Trinajstić information content (AvgIpc) is 2.48. The number of methoxy groups -OCH3 is 1. The van der Waals surface area contributed by atoms with E-state index in [4.69, 9.17) is 21.1 Å². The van der Waals surface area contributed by atoms with Gasteiger partial charge < -0.3 is 9.47 Å². The first kappa shape index (κ1) is 13.2. The highest BCUT2D eigenvalue weighted by molar-refractivity contribution is 6.31. The number of benzene rings is 2. The number of rotatable bonds is 2. The summed E-state index contributed by atoms with van der Waals surface area (Å²) in [5.74, 6) is 0.437. The molecule has 4 heteroatoms. The Morgan fingerprint density at radius 3 is 2.60 bits per heavy atom. The lowest BCUT2D eigenvalue weighted by Crippen LogP contribution is -2.37. The molecule has 0 unspecified atom stereocenters. The summed E-state index contributed by atoms with van der Waals surface area (Å²) < 4.78 is 11.3. The summed E-state index contributed by atoms with van der Waals surface area (Å²) in [6, 6.07) is 14.6. The molecule has 0 aromatic heterocycles. The zero-order valence-electron chi connectivity index (χ0n) is 10.9. The molecule has 0 saturated carbocycles. The molecule has 0 fully saturated rings. The Hall–Kier alpha value is -1.84. The quantitative estimate of drug-likeness (QED) is 0.846. The summed E-state index contributed by atoms with van der Waals surface area (Å²) >= 11 is 5.94. The maximum atomic E-state index is 12.5. The number of Topliss-reactive ketones (excluding diaryl/α,β-unsaturated/α-hetero) is 1. The predicted molar refractivity (Wildman–Crippen MR) is 76.4 cm³/mol. The fraction of sp³-hybridized carbons (Fsp3) is 0.188. The molecule has 1 heterocycles. The summed E-state index contributed by atoms with van der Waals surface area (Å²) in [5, 5.41) is 0.508. The Labute approximate surface area is 122 Å². The molecular formula is C16H13ClO3. The largest absolute Gasteiger partial charge is 0.482 e. The molecule has 0 N–H and O–H groups in total. The molecule has 102 valence electrons. The van der Waals surface area contributed by atoms with E-state index in [2.05, 4.69) is 0 Å². The van der Waals surface area contributed by atoms with Crippen molar-refractivity contribution < 1.29 is 14.3 Å². The van der Waals surface area contributed by atoms with Crippen LogP contribution in [-0.4, -0.2) is 19.0 Å². The molecular weight excluding hydrogens is 276 g/mol. The number of carbonyl (C=O) groups excluding carboxylic acids is 1. The van der Waals surface area contributed by atoms with Crippen LogP contribution in [0.1, 0.15) is 22.0 Å². The van der Waals surface area contributed by atoms with Crippen molar-refractivity contribution in [3.8, 4) is 5.75 Å². The Kier molecular flexibility index (Phi) is 3.47. The van der Waals surface area contributed by atoms with Crippen molar-refractivity contribution in [2.75, 3.05) is 7.11 Å². The lowest BCUT2D eigenvalue weighted by molar-refractivity contribution is -0.000600. The zero-order chi connectivity index (χ0) is 14.1. The van der Waals surface area contributed by atoms with Crippen LogP contribution in [0.25, 0.3) is 0 Å². The number of ether oxygens (including phenoxy) is 2. The van der Waals surface area contributed by atoms with Crippen molar-refractivity contribution in [1.29, 1.82) is 0 Å². The van der Waals surface area contributed by atoms with Gasteiger partial charge in [-0.2, -0.15) is 0 Å². The van der Waals surface area contributed by atoms with Gasteiger partial charge >= 0.3 is 0 Å². The summed E-state index contributed by atoms with van der Waals surface area (Å²) in [4.78, 5) is 12.5. The van der Waals surface area contributed by atoms with Gasteiger partial charge in [0.05, 0.1) is 5.56 Å². The summed E-state index contributed by atoms with van der Waals surface area (Å²) in [7, 11) is 1.51. The standard InChI is InChI=1S/C16H13ClO3/c1-19-16-14(18)12-9-11(17)7-8-13(12)20-15(16)10-5-3-2-4-6-10/h2-9,15-16H,1H3/t15-,16-/m0/s1. The van der Waals surface area contributed by atoms with Gasteiger partial charge in [0.1, 0.15) is 5.75 Å². The summed E-state index contributed by atoms with van der Waals surface area (Å²) in [6.45, 7) is 0. The minimum Gasteiger partial charge on any atom is -0.482 e. The summed E-state index contributed by atoms with van der Waals surface area (Å²) in [6.07, 6.45) is -1.11. The van der Waals surface area contributed by atoms with E-state index in [1.54, 1.807) is 18.2 Å². The monoisotopic (exact) mass is 288 g/mol. The Balaban J connectivity index is 2.06. The van der Waals surface area contributed by atoms with Crippen LogP contribution in [-0.2, 0) is 4.74 Å². The van der Waals surface area contributed by atoms with Crippen LogP contribution in [0.4, 0.5) is 0 Å². The van der Waals surface area contributed by atoms with E-state index < -0.39 is 12.2 Å². The predicted octanol–water partition coefficient (Wildman–Crippen LogP) is 3.67. The van der Waals surface area contributed by atoms with Crippen molar-refractivity contribution in [3.05, 3.63) is 64.7 Å². The third-order valence-corrected chi connectivity index (χ3v) is 3.61. The van der Waals surface area contributed by atoms with E-state index in [-0.39, 0.29) is 5.78 Å². The third-order valence-electron chi connectivity index (χ3n) is 3.38. The van der Waals surface area contributed by atoms with Crippen molar-refractivity contribution in [2.45, 2.75) is 12.2 Å². The van der Waals surface area contributed by atoms with E-state index in [1.807, 2.05) is 30.3 Å². The normalized spacial score (nSPS) is 21.2. The number of carbonyl (C=O) groups is 1. The van der Waals surface area contributed by atoms with E-state index >= 15 is 0 Å². The molecule has 0 radical (unpaired) electrons. The highest BCUT2D eigenvalue weighted by Gasteiger charge is 2.38. The number of fused-ring (bicyclic) bond motifs is 1. The first-order valence-electron chi connectivity index (χ1n) is 6.29. The molecule has 0 saturated heterocycles. The first-order valence-corrected chi connectivity index (χ1v) is 6.66. The lowest BCUT2D eigenvalue weighted by Gasteiger charge is -2.31. The van der Waals surface area contributed by atoms with Crippen molar-refractivity contribution >= 4 is 17.4 Å². The number of hydrogen-bond donors (Lipinski definition) is 0. The molecule has 0 bridgehead atoms. The molecule has 0 spiro atoms. The van der Waals surface area contributed by atoms with Gasteiger partial charge in [-0.3, -0.25) is 4.79 Å². The second-order valence-corrected chi connectivity index (χ2v) is 5.05. The molecule has 3 nitrogen and oxygen atoms in total. The van der Waals surface area contributed by atoms with Crippen molar-refractivity contribution in [1.82, 2.24) is 0 Å². The fourth-order valence-electron chi connectivity index (χ4n) is 2.40. The van der Waals surface area contributed by atoms with Gasteiger partial charge in [-0.15, -0.1) is 0 Å². The SMILES string of the molecule is CO[C@H]1C(=O)c2cc(Cl)ccc2O[C@H]1c1ccccc1. The molecule has 0 amide bonds. The maximum absolute atomic E-state index is 12.5. The van der Waals surface area contributed by atoms with Crippen LogP contribution in [0.15, 0.2) is 48.5 Å². The van der Waals surface area contributed by atoms with Crippen molar-refractivity contribution in [3.63, 3.8) is 0 Å². The Bertz CT molecular complexity index is 639. The highest BCUT2D eigenvalue weighted by Crippen LogP contribution is 2.37. The van der Waals surface area contributed by atoms with Gasteiger partial charge in [0.15, 0.2) is 18.0 Å². The molecule has 1 aliphatic rings. The van der Waals surface area contributed by atoms with Crippen molar-refractivity contribution in [2.24, 2.45) is 0 Å². The van der Waals surface area contributed by atoms with Gasteiger partial charge in [0.2, 0.25) is 0 Å². The smallest absolute Gasteiger partial charge is 0.199 e. The molecule has 1 aliphatic heterocycles. The minimum atomic E-state index is -0.664. The second-order valence-electron chi connectivity index (χ2n) is 4.61. The van der Waals surface area contributed by atoms with Gasteiger partial charge in [0.25, 0.3) is 0 Å². The molecule has 2 atom stereocenters. The molecule has 2 aromatic carbocycles. The maximum Gasteiger partial charge on any atom is 0.199 e. The van der Waals surface area contributed by atoms with Gasteiger partial charge in [-0.25, -0.2) is 0 Å². The van der Waals surface area contributed by atoms with Gasteiger partial charge in [-0.05, 0) is 23.8 Å². The molecule has 0 aliphatic carbocycles. The van der Waals surface area contributed by atoms with Crippen LogP contribution < -0.4 is 4.74 Å². The van der Waals surface area contributed by atoms with Crippen LogP contribution in [0.5, 0.6) is 5.75 Å². The second kappa shape index (κ2) is 5.27. The Morgan fingerprint density at radius 1 is 1.15 bits per heavy atom. The Morgan fingerprint density at radius 2 is 1.90 bits per heavy atom. The van der Waals surface area contributed by atoms with E-state index in [1.165, 1.54) is 7.11 Å². The first-order chi connectivity index (χ1) is 9.70. The summed E-state index contributed by atoms with van der Waals surface area (Å²) in [5.41, 5.74) is 1.38. The van der Waals surface area contributed by atoms with Crippen LogP contribution in [0, 0.1) is 0 Å². The van der Waals surface area contributed by atoms with E-state index in [0.29, 0.717) is 16.3 Å². The van der Waals surface area contributed by atoms with E-state index in [9.17, 15) is 4.79 Å². The van der Waals surface area contributed by atoms with Crippen LogP contribution in [0.3, 0.4) is 0 Å².